The van der Waals surface area contributed by atoms with E-state index in [4.69, 9.17) is 0 Å². The summed E-state index contributed by atoms with van der Waals surface area (Å²) in [5.74, 6) is -0.0552. The lowest BCUT2D eigenvalue weighted by Crippen LogP contribution is -2.47. The first kappa shape index (κ1) is 17.0. The first-order chi connectivity index (χ1) is 11.8. The lowest BCUT2D eigenvalue weighted by Gasteiger charge is -2.25. The molecule has 4 N–H and O–H groups in total. The number of Topliss-reactive ketones (excluding diaryl/α,β-unsaturated/α-hetero) is 1. The largest absolute Gasteiger partial charge is 0.508 e. The van der Waals surface area contributed by atoms with Gasteiger partial charge in [-0.1, -0.05) is 26.0 Å². The van der Waals surface area contributed by atoms with E-state index in [0.717, 1.165) is 0 Å². The molecule has 2 aromatic rings. The van der Waals surface area contributed by atoms with Gasteiger partial charge in [0.15, 0.2) is 0 Å². The van der Waals surface area contributed by atoms with Crippen molar-refractivity contribution in [2.45, 2.75) is 26.0 Å². The van der Waals surface area contributed by atoms with E-state index >= 15 is 0 Å². The molecule has 0 unspecified atom stereocenters. The van der Waals surface area contributed by atoms with E-state index in [-0.39, 0.29) is 23.8 Å². The van der Waals surface area contributed by atoms with Gasteiger partial charge in [-0.05, 0) is 53.4 Å². The Balaban J connectivity index is 2.13. The van der Waals surface area contributed by atoms with Crippen LogP contribution in [0.3, 0.4) is 0 Å². The fourth-order valence-electron chi connectivity index (χ4n) is 3.13. The predicted octanol–water partition coefficient (Wildman–Crippen LogP) is 2.87. The number of hydrogen-bond donors (Lipinski definition) is 4. The van der Waals surface area contributed by atoms with E-state index < -0.39 is 11.5 Å². The number of phenolic OH excluding ortho intramolecular Hbond substituents is 2. The molecule has 0 aliphatic carbocycles. The lowest BCUT2D eigenvalue weighted by atomic mass is 9.91. The molecule has 0 amide bonds. The maximum Gasteiger partial charge on any atom is 0.217 e. The van der Waals surface area contributed by atoms with Gasteiger partial charge in [0, 0.05) is 6.42 Å². The lowest BCUT2D eigenvalue weighted by molar-refractivity contribution is -0.133. The number of ketones is 1. The highest BCUT2D eigenvalue weighted by Gasteiger charge is 2.46. The van der Waals surface area contributed by atoms with Crippen LogP contribution in [0.5, 0.6) is 11.5 Å². The molecule has 2 aromatic carbocycles. The summed E-state index contributed by atoms with van der Waals surface area (Å²) in [4.78, 5) is 13.0. The van der Waals surface area contributed by atoms with Crippen molar-refractivity contribution in [3.8, 4) is 11.5 Å². The minimum atomic E-state index is -1.67. The van der Waals surface area contributed by atoms with Crippen LogP contribution in [-0.2, 0) is 4.79 Å². The zero-order valence-electron chi connectivity index (χ0n) is 14.2. The van der Waals surface area contributed by atoms with Crippen LogP contribution >= 0.6 is 0 Å². The Morgan fingerprint density at radius 1 is 0.920 bits per heavy atom. The molecule has 3 rings (SSSR count). The van der Waals surface area contributed by atoms with E-state index in [2.05, 4.69) is 5.32 Å². The van der Waals surface area contributed by atoms with Crippen LogP contribution < -0.4 is 5.32 Å². The molecule has 1 heterocycles. The zero-order valence-corrected chi connectivity index (χ0v) is 14.2. The van der Waals surface area contributed by atoms with Gasteiger partial charge in [-0.15, -0.1) is 0 Å². The molecule has 0 saturated heterocycles. The molecule has 1 aliphatic heterocycles. The van der Waals surface area contributed by atoms with Crippen molar-refractivity contribution in [3.05, 3.63) is 59.7 Å². The summed E-state index contributed by atoms with van der Waals surface area (Å²) in [6, 6.07) is 12.7. The van der Waals surface area contributed by atoms with Gasteiger partial charge in [-0.2, -0.15) is 0 Å². The molecule has 0 bridgehead atoms. The smallest absolute Gasteiger partial charge is 0.217 e. The number of benzene rings is 2. The minimum Gasteiger partial charge on any atom is -0.508 e. The third-order valence-electron chi connectivity index (χ3n) is 4.20. The van der Waals surface area contributed by atoms with Crippen molar-refractivity contribution < 1.29 is 20.1 Å². The first-order valence-corrected chi connectivity index (χ1v) is 8.18. The van der Waals surface area contributed by atoms with Crippen molar-refractivity contribution >= 4 is 17.1 Å². The molecular weight excluding hydrogens is 318 g/mol. The summed E-state index contributed by atoms with van der Waals surface area (Å²) >= 11 is 0. The maximum absolute atomic E-state index is 13.0. The third kappa shape index (κ3) is 3.23. The topological polar surface area (TPSA) is 89.8 Å². The van der Waals surface area contributed by atoms with Crippen molar-refractivity contribution in [2.24, 2.45) is 5.92 Å². The fourth-order valence-corrected chi connectivity index (χ4v) is 3.13. The number of phenols is 2. The Bertz CT molecular complexity index is 822. The number of aliphatic hydroxyl groups is 1. The van der Waals surface area contributed by atoms with Gasteiger partial charge >= 0.3 is 0 Å². The second kappa shape index (κ2) is 6.26. The number of carbonyl (C=O) groups excluding carboxylic acids is 1. The van der Waals surface area contributed by atoms with Gasteiger partial charge in [-0.3, -0.25) is 4.79 Å². The molecule has 0 aromatic heterocycles. The molecule has 0 saturated carbocycles. The van der Waals surface area contributed by atoms with Crippen LogP contribution in [0, 0.1) is 5.92 Å². The van der Waals surface area contributed by atoms with Crippen LogP contribution in [-0.4, -0.2) is 26.8 Å². The molecule has 25 heavy (non-hydrogen) atoms. The summed E-state index contributed by atoms with van der Waals surface area (Å²) in [7, 11) is 0. The van der Waals surface area contributed by atoms with Gasteiger partial charge in [0.05, 0.1) is 11.3 Å². The molecule has 0 spiro atoms. The summed E-state index contributed by atoms with van der Waals surface area (Å²) in [5.41, 5.74) is 0.508. The monoisotopic (exact) mass is 339 g/mol. The summed E-state index contributed by atoms with van der Waals surface area (Å²) < 4.78 is 0. The van der Waals surface area contributed by atoms with E-state index in [9.17, 15) is 20.1 Å². The van der Waals surface area contributed by atoms with E-state index in [1.807, 2.05) is 13.8 Å². The highest BCUT2D eigenvalue weighted by molar-refractivity contribution is 6.33. The SMILES string of the molecule is CC(C)C[C@@]1(O)NC(c2ccc(O)cc2)=C(c2ccc(O)cc2)C1=O. The average Bonchev–Trinajstić information content (AvgIpc) is 2.80. The first-order valence-electron chi connectivity index (χ1n) is 8.18. The molecule has 5 heteroatoms. The summed E-state index contributed by atoms with van der Waals surface area (Å²) in [5, 5.41) is 32.9. The van der Waals surface area contributed by atoms with E-state index in [1.54, 1.807) is 24.3 Å². The van der Waals surface area contributed by atoms with Crippen LogP contribution in [0.15, 0.2) is 48.5 Å². The van der Waals surface area contributed by atoms with Gasteiger partial charge in [0.1, 0.15) is 11.5 Å². The zero-order chi connectivity index (χ0) is 18.2. The summed E-state index contributed by atoms with van der Waals surface area (Å²) in [6.45, 7) is 3.87. The fraction of sp³-hybridized carbons (Fsp3) is 0.250. The van der Waals surface area contributed by atoms with Crippen molar-refractivity contribution in [1.82, 2.24) is 5.32 Å². The Morgan fingerprint density at radius 2 is 1.40 bits per heavy atom. The van der Waals surface area contributed by atoms with E-state index in [1.165, 1.54) is 24.3 Å². The number of carbonyl (C=O) groups is 1. The normalized spacial score (nSPS) is 20.2. The predicted molar refractivity (Wildman–Crippen MR) is 95.6 cm³/mol. The molecular formula is C20H21NO4. The number of nitrogens with one attached hydrogen (secondary N) is 1. The molecule has 1 atom stereocenters. The Labute approximate surface area is 146 Å². The van der Waals surface area contributed by atoms with Crippen molar-refractivity contribution in [2.75, 3.05) is 0 Å². The van der Waals surface area contributed by atoms with Crippen molar-refractivity contribution in [1.29, 1.82) is 0 Å². The second-order valence-corrected chi connectivity index (χ2v) is 6.76. The van der Waals surface area contributed by atoms with Crippen LogP contribution in [0.4, 0.5) is 0 Å². The molecule has 1 aliphatic rings. The van der Waals surface area contributed by atoms with Gasteiger partial charge in [0.2, 0.25) is 11.5 Å². The molecule has 130 valence electrons. The van der Waals surface area contributed by atoms with Crippen LogP contribution in [0.2, 0.25) is 0 Å². The Morgan fingerprint density at radius 3 is 1.88 bits per heavy atom. The quantitative estimate of drug-likeness (QED) is 0.688. The number of hydrogen-bond acceptors (Lipinski definition) is 5. The maximum atomic E-state index is 13.0. The molecule has 0 fully saturated rings. The van der Waals surface area contributed by atoms with Crippen LogP contribution in [0.1, 0.15) is 31.4 Å². The number of aromatic hydroxyl groups is 2. The van der Waals surface area contributed by atoms with Crippen molar-refractivity contribution in [3.63, 3.8) is 0 Å². The van der Waals surface area contributed by atoms with E-state index in [0.29, 0.717) is 22.4 Å². The number of rotatable bonds is 4. The minimum absolute atomic E-state index is 0.103. The Hall–Kier alpha value is -2.79. The highest BCUT2D eigenvalue weighted by Crippen LogP contribution is 2.38. The Kier molecular flexibility index (Phi) is 4.27. The van der Waals surface area contributed by atoms with Crippen LogP contribution in [0.25, 0.3) is 11.3 Å². The molecule has 5 nitrogen and oxygen atoms in total. The van der Waals surface area contributed by atoms with Gasteiger partial charge in [0.25, 0.3) is 0 Å². The van der Waals surface area contributed by atoms with Gasteiger partial charge in [-0.25, -0.2) is 0 Å². The average molecular weight is 339 g/mol. The van der Waals surface area contributed by atoms with Gasteiger partial charge < -0.3 is 20.6 Å². The summed E-state index contributed by atoms with van der Waals surface area (Å²) in [6.07, 6.45) is 0.273. The molecule has 0 radical (unpaired) electrons. The second-order valence-electron chi connectivity index (χ2n) is 6.76. The third-order valence-corrected chi connectivity index (χ3v) is 4.20. The highest BCUT2D eigenvalue weighted by atomic mass is 16.3. The standard InChI is InChI=1S/C20H21NO4/c1-12(2)11-20(25)19(24)17(13-3-7-15(22)8-4-13)18(21-20)14-5-9-16(23)10-6-14/h3-10,12,21-23,25H,11H2,1-2H3/t20-/m0/s1.